The Morgan fingerprint density at radius 2 is 2.03 bits per heavy atom. The van der Waals surface area contributed by atoms with E-state index in [-0.39, 0.29) is 30.7 Å². The summed E-state index contributed by atoms with van der Waals surface area (Å²) in [5.74, 6) is -0.958. The molecule has 3 rings (SSSR count). The predicted molar refractivity (Wildman–Crippen MR) is 103 cm³/mol. The van der Waals surface area contributed by atoms with Gasteiger partial charge in [-0.2, -0.15) is 5.10 Å². The van der Waals surface area contributed by atoms with Crippen LogP contribution in [0.25, 0.3) is 16.7 Å². The highest BCUT2D eigenvalue weighted by atomic mass is 19.4. The van der Waals surface area contributed by atoms with Gasteiger partial charge in [-0.3, -0.25) is 4.79 Å². The van der Waals surface area contributed by atoms with Crippen molar-refractivity contribution >= 4 is 16.9 Å². The van der Waals surface area contributed by atoms with Crippen LogP contribution in [0.4, 0.5) is 13.2 Å². The molecule has 10 heteroatoms. The number of carbonyl (C=O) groups excluding carboxylic acids is 1. The number of amides is 1. The molecule has 0 saturated carbocycles. The molecule has 158 valence electrons. The van der Waals surface area contributed by atoms with Gasteiger partial charge < -0.3 is 15.2 Å². The Morgan fingerprint density at radius 1 is 1.33 bits per heavy atom. The summed E-state index contributed by atoms with van der Waals surface area (Å²) in [6.45, 7) is 5.22. The summed E-state index contributed by atoms with van der Waals surface area (Å²) in [4.78, 5) is 16.0. The Kier molecular flexibility index (Phi) is 6.06. The van der Waals surface area contributed by atoms with Gasteiger partial charge in [-0.1, -0.05) is 13.5 Å². The molecule has 1 aromatic carbocycles. The lowest BCUT2D eigenvalue weighted by atomic mass is 9.99. The van der Waals surface area contributed by atoms with Gasteiger partial charge in [0, 0.05) is 24.1 Å². The van der Waals surface area contributed by atoms with Crippen LogP contribution in [0.2, 0.25) is 0 Å². The fourth-order valence-electron chi connectivity index (χ4n) is 2.98. The molecule has 7 nitrogen and oxygen atoms in total. The standard InChI is InChI=1S/C20H19F3N4O3/c1-3-17(29)25-10-16-18-15(12(2)11-28)8-9-24-19(18)27(26-16)13-4-6-14(7-5-13)30-20(21,22)23/h3-9,12,28H,1,10-11H2,2H3,(H,25,29)/t12-/m1/s1. The van der Waals surface area contributed by atoms with Gasteiger partial charge in [-0.25, -0.2) is 9.67 Å². The number of rotatable bonds is 7. The molecule has 0 unspecified atom stereocenters. The summed E-state index contributed by atoms with van der Waals surface area (Å²) in [6.07, 6.45) is -2.09. The minimum atomic E-state index is -4.78. The number of aromatic nitrogens is 3. The van der Waals surface area contributed by atoms with E-state index in [0.717, 1.165) is 11.6 Å². The second kappa shape index (κ2) is 8.54. The first-order valence-electron chi connectivity index (χ1n) is 8.97. The maximum atomic E-state index is 12.4. The van der Waals surface area contributed by atoms with Crippen LogP contribution in [-0.2, 0) is 11.3 Å². The molecule has 0 saturated heterocycles. The lowest BCUT2D eigenvalue weighted by Gasteiger charge is -2.11. The van der Waals surface area contributed by atoms with Gasteiger partial charge >= 0.3 is 6.36 Å². The normalized spacial score (nSPS) is 12.6. The molecule has 0 fully saturated rings. The third-order valence-corrected chi connectivity index (χ3v) is 4.41. The van der Waals surface area contributed by atoms with Gasteiger partial charge in [-0.05, 0) is 42.0 Å². The van der Waals surface area contributed by atoms with Crippen LogP contribution in [0.15, 0.2) is 49.2 Å². The molecule has 3 aromatic rings. The number of halogens is 3. The highest BCUT2D eigenvalue weighted by molar-refractivity contribution is 5.88. The molecule has 0 aliphatic carbocycles. The fraction of sp³-hybridized carbons (Fsp3) is 0.250. The minimum Gasteiger partial charge on any atom is -0.406 e. The van der Waals surface area contributed by atoms with Gasteiger partial charge in [-0.15, -0.1) is 13.2 Å². The van der Waals surface area contributed by atoms with E-state index in [4.69, 9.17) is 0 Å². The van der Waals surface area contributed by atoms with Crippen molar-refractivity contribution in [2.24, 2.45) is 0 Å². The quantitative estimate of drug-likeness (QED) is 0.573. The molecule has 0 aliphatic heterocycles. The van der Waals surface area contributed by atoms with E-state index >= 15 is 0 Å². The van der Waals surface area contributed by atoms with Crippen molar-refractivity contribution in [3.63, 3.8) is 0 Å². The molecular weight excluding hydrogens is 401 g/mol. The number of nitrogens with zero attached hydrogens (tertiary/aromatic N) is 3. The second-order valence-electron chi connectivity index (χ2n) is 6.50. The number of hydrogen-bond acceptors (Lipinski definition) is 5. The zero-order valence-electron chi connectivity index (χ0n) is 16.0. The first-order valence-corrected chi connectivity index (χ1v) is 8.97. The topological polar surface area (TPSA) is 89.3 Å². The number of fused-ring (bicyclic) bond motifs is 1. The molecular formula is C20H19F3N4O3. The summed E-state index contributed by atoms with van der Waals surface area (Å²) in [7, 11) is 0. The van der Waals surface area contributed by atoms with Crippen molar-refractivity contribution in [3.05, 3.63) is 60.4 Å². The van der Waals surface area contributed by atoms with E-state index in [1.54, 1.807) is 12.3 Å². The molecule has 1 amide bonds. The third-order valence-electron chi connectivity index (χ3n) is 4.41. The average Bonchev–Trinajstić information content (AvgIpc) is 3.09. The number of benzene rings is 1. The molecule has 2 N–H and O–H groups in total. The largest absolute Gasteiger partial charge is 0.573 e. The van der Waals surface area contributed by atoms with Crippen LogP contribution in [0.5, 0.6) is 5.75 Å². The highest BCUT2D eigenvalue weighted by Crippen LogP contribution is 2.30. The van der Waals surface area contributed by atoms with Crippen LogP contribution in [-0.4, -0.2) is 38.7 Å². The van der Waals surface area contributed by atoms with Crippen LogP contribution in [0.3, 0.4) is 0 Å². The van der Waals surface area contributed by atoms with Crippen LogP contribution in [0, 0.1) is 0 Å². The zero-order valence-corrected chi connectivity index (χ0v) is 16.0. The smallest absolute Gasteiger partial charge is 0.406 e. The lowest BCUT2D eigenvalue weighted by Crippen LogP contribution is -2.20. The number of aliphatic hydroxyl groups is 1. The second-order valence-corrected chi connectivity index (χ2v) is 6.50. The molecule has 0 radical (unpaired) electrons. The van der Waals surface area contributed by atoms with Gasteiger partial charge in [0.2, 0.25) is 5.91 Å². The molecule has 1 atom stereocenters. The summed E-state index contributed by atoms with van der Waals surface area (Å²) >= 11 is 0. The van der Waals surface area contributed by atoms with Crippen molar-refractivity contribution in [2.45, 2.75) is 25.7 Å². The average molecular weight is 420 g/mol. The van der Waals surface area contributed by atoms with E-state index in [1.165, 1.54) is 28.9 Å². The van der Waals surface area contributed by atoms with Crippen LogP contribution in [0.1, 0.15) is 24.1 Å². The zero-order chi connectivity index (χ0) is 21.9. The number of pyridine rings is 1. The Labute approximate surface area is 169 Å². The van der Waals surface area contributed by atoms with Gasteiger partial charge in [0.25, 0.3) is 0 Å². The van der Waals surface area contributed by atoms with E-state index < -0.39 is 6.36 Å². The minimum absolute atomic E-state index is 0.0838. The van der Waals surface area contributed by atoms with Crippen molar-refractivity contribution in [3.8, 4) is 11.4 Å². The molecule has 30 heavy (non-hydrogen) atoms. The van der Waals surface area contributed by atoms with Crippen LogP contribution >= 0.6 is 0 Å². The summed E-state index contributed by atoms with van der Waals surface area (Å²) in [5, 5.41) is 17.4. The first kappa shape index (κ1) is 21.3. The number of ether oxygens (including phenoxy) is 1. The van der Waals surface area contributed by atoms with Gasteiger partial charge in [0.15, 0.2) is 5.65 Å². The Morgan fingerprint density at radius 3 is 2.63 bits per heavy atom. The number of alkyl halides is 3. The maximum absolute atomic E-state index is 12.4. The number of hydrogen-bond donors (Lipinski definition) is 2. The Bertz CT molecular complexity index is 1060. The van der Waals surface area contributed by atoms with E-state index in [1.807, 2.05) is 6.92 Å². The summed E-state index contributed by atoms with van der Waals surface area (Å²) in [6, 6.07) is 6.95. The van der Waals surface area contributed by atoms with E-state index in [2.05, 4.69) is 26.7 Å². The molecule has 2 heterocycles. The SMILES string of the molecule is C=CC(=O)NCc1nn(-c2ccc(OC(F)(F)F)cc2)c2nccc([C@H](C)CO)c12. The predicted octanol–water partition coefficient (Wildman–Crippen LogP) is 3.22. The van der Waals surface area contributed by atoms with Crippen molar-refractivity contribution in [1.29, 1.82) is 0 Å². The summed E-state index contributed by atoms with van der Waals surface area (Å²) in [5.41, 5.74) is 2.19. The maximum Gasteiger partial charge on any atom is 0.573 e. The van der Waals surface area contributed by atoms with E-state index in [9.17, 15) is 23.1 Å². The highest BCUT2D eigenvalue weighted by Gasteiger charge is 2.31. The molecule has 0 spiro atoms. The van der Waals surface area contributed by atoms with Gasteiger partial charge in [0.05, 0.1) is 17.9 Å². The number of nitrogens with one attached hydrogen (secondary N) is 1. The Hall–Kier alpha value is -3.40. The molecule has 0 bridgehead atoms. The first-order chi connectivity index (χ1) is 14.2. The number of carbonyl (C=O) groups is 1. The summed E-state index contributed by atoms with van der Waals surface area (Å²) < 4.78 is 42.6. The lowest BCUT2D eigenvalue weighted by molar-refractivity contribution is -0.274. The molecule has 2 aromatic heterocycles. The third kappa shape index (κ3) is 4.60. The molecule has 0 aliphatic rings. The monoisotopic (exact) mass is 420 g/mol. The Balaban J connectivity index is 2.08. The van der Waals surface area contributed by atoms with Crippen molar-refractivity contribution in [1.82, 2.24) is 20.1 Å². The van der Waals surface area contributed by atoms with E-state index in [0.29, 0.717) is 22.4 Å². The number of aliphatic hydroxyl groups excluding tert-OH is 1. The van der Waals surface area contributed by atoms with Gasteiger partial charge in [0.1, 0.15) is 5.75 Å². The van der Waals surface area contributed by atoms with Crippen molar-refractivity contribution in [2.75, 3.05) is 6.61 Å². The van der Waals surface area contributed by atoms with Crippen molar-refractivity contribution < 1.29 is 27.8 Å². The fourth-order valence-corrected chi connectivity index (χ4v) is 2.98. The van der Waals surface area contributed by atoms with Crippen LogP contribution < -0.4 is 10.1 Å².